The molecular formula is C15H21NO2S. The van der Waals surface area contributed by atoms with Gasteiger partial charge in [-0.1, -0.05) is 19.3 Å². The molecule has 1 aromatic heterocycles. The minimum absolute atomic E-state index is 0.0927. The van der Waals surface area contributed by atoms with Crippen LogP contribution in [0, 0.1) is 5.92 Å². The maximum Gasteiger partial charge on any atom is 0.327 e. The Kier molecular flexibility index (Phi) is 4.18. The molecule has 1 atom stereocenters. The molecule has 1 unspecified atom stereocenters. The van der Waals surface area contributed by atoms with Crippen molar-refractivity contribution in [3.05, 3.63) is 21.9 Å². The van der Waals surface area contributed by atoms with Crippen LogP contribution in [0.2, 0.25) is 0 Å². The van der Waals surface area contributed by atoms with Gasteiger partial charge in [0.2, 0.25) is 0 Å². The van der Waals surface area contributed by atoms with Crippen LogP contribution in [0.25, 0.3) is 0 Å². The van der Waals surface area contributed by atoms with E-state index in [-0.39, 0.29) is 12.0 Å². The van der Waals surface area contributed by atoms with Crippen molar-refractivity contribution in [2.45, 2.75) is 44.6 Å². The summed E-state index contributed by atoms with van der Waals surface area (Å²) in [5.74, 6) is 0.494. The summed E-state index contributed by atoms with van der Waals surface area (Å²) < 4.78 is 5.55. The van der Waals surface area contributed by atoms with E-state index in [1.54, 1.807) is 11.3 Å². The Morgan fingerprint density at radius 1 is 1.37 bits per heavy atom. The molecule has 2 heterocycles. The van der Waals surface area contributed by atoms with Crippen LogP contribution in [0.3, 0.4) is 0 Å². The van der Waals surface area contributed by atoms with Crippen molar-refractivity contribution in [2.75, 3.05) is 13.2 Å². The molecule has 2 aliphatic rings. The molecule has 3 nitrogen and oxygen atoms in total. The van der Waals surface area contributed by atoms with Gasteiger partial charge in [0.1, 0.15) is 6.04 Å². The molecule has 1 fully saturated rings. The molecule has 0 aromatic carbocycles. The molecule has 0 amide bonds. The van der Waals surface area contributed by atoms with E-state index >= 15 is 0 Å². The van der Waals surface area contributed by atoms with Crippen molar-refractivity contribution < 1.29 is 9.53 Å². The lowest BCUT2D eigenvalue weighted by molar-refractivity contribution is -0.148. The van der Waals surface area contributed by atoms with Gasteiger partial charge in [-0.3, -0.25) is 0 Å². The standard InChI is InChI=1S/C15H21NO2S/c17-15(18-10-11-4-2-1-3-5-11)14-12-7-9-19-13(12)6-8-16-14/h7,9,11,14,16H,1-6,8,10H2. The summed E-state index contributed by atoms with van der Waals surface area (Å²) >= 11 is 1.74. The van der Waals surface area contributed by atoms with Crippen LogP contribution in [-0.2, 0) is 16.0 Å². The first-order valence-electron chi connectivity index (χ1n) is 7.31. The zero-order valence-electron chi connectivity index (χ0n) is 11.2. The highest BCUT2D eigenvalue weighted by Gasteiger charge is 2.28. The molecule has 1 aliphatic heterocycles. The number of thiophene rings is 1. The lowest BCUT2D eigenvalue weighted by atomic mass is 9.90. The molecular weight excluding hydrogens is 258 g/mol. The number of carbonyl (C=O) groups is 1. The van der Waals surface area contributed by atoms with Crippen molar-refractivity contribution in [1.29, 1.82) is 0 Å². The van der Waals surface area contributed by atoms with Crippen molar-refractivity contribution >= 4 is 17.3 Å². The van der Waals surface area contributed by atoms with E-state index in [0.29, 0.717) is 12.5 Å². The number of ether oxygens (including phenoxy) is 1. The number of carbonyl (C=O) groups excluding carboxylic acids is 1. The Bertz CT molecular complexity index is 437. The van der Waals surface area contributed by atoms with Crippen molar-refractivity contribution in [3.8, 4) is 0 Å². The van der Waals surface area contributed by atoms with Crippen LogP contribution in [-0.4, -0.2) is 19.1 Å². The molecule has 3 rings (SSSR count). The molecule has 104 valence electrons. The minimum atomic E-state index is -0.237. The zero-order chi connectivity index (χ0) is 13.1. The average molecular weight is 279 g/mol. The van der Waals surface area contributed by atoms with Crippen molar-refractivity contribution in [2.24, 2.45) is 5.92 Å². The molecule has 0 bridgehead atoms. The van der Waals surface area contributed by atoms with Crippen LogP contribution in [0.15, 0.2) is 11.4 Å². The molecule has 1 N–H and O–H groups in total. The van der Waals surface area contributed by atoms with Crippen molar-refractivity contribution in [3.63, 3.8) is 0 Å². The molecule has 0 spiro atoms. The summed E-state index contributed by atoms with van der Waals surface area (Å²) in [4.78, 5) is 13.6. The molecule has 0 saturated heterocycles. The summed E-state index contributed by atoms with van der Waals surface area (Å²) in [7, 11) is 0. The van der Waals surface area contributed by atoms with Gasteiger partial charge in [-0.05, 0) is 42.2 Å². The Hall–Kier alpha value is -0.870. The molecule has 4 heteroatoms. The Morgan fingerprint density at radius 2 is 2.21 bits per heavy atom. The molecule has 1 saturated carbocycles. The van der Waals surface area contributed by atoms with Gasteiger partial charge in [0.05, 0.1) is 6.61 Å². The van der Waals surface area contributed by atoms with Crippen LogP contribution in [0.5, 0.6) is 0 Å². The van der Waals surface area contributed by atoms with Gasteiger partial charge in [0.25, 0.3) is 0 Å². The fourth-order valence-electron chi connectivity index (χ4n) is 3.10. The highest BCUT2D eigenvalue weighted by Crippen LogP contribution is 2.29. The van der Waals surface area contributed by atoms with E-state index in [9.17, 15) is 4.79 Å². The topological polar surface area (TPSA) is 38.3 Å². The second-order valence-electron chi connectivity index (χ2n) is 5.57. The summed E-state index contributed by atoms with van der Waals surface area (Å²) in [6.07, 6.45) is 7.38. The largest absolute Gasteiger partial charge is 0.464 e. The van der Waals surface area contributed by atoms with Gasteiger partial charge in [0.15, 0.2) is 0 Å². The smallest absolute Gasteiger partial charge is 0.327 e. The van der Waals surface area contributed by atoms with Gasteiger partial charge in [-0.25, -0.2) is 4.79 Å². The summed E-state index contributed by atoms with van der Waals surface area (Å²) in [5.41, 5.74) is 1.13. The first-order chi connectivity index (χ1) is 9.34. The van der Waals surface area contributed by atoms with Gasteiger partial charge in [-0.15, -0.1) is 11.3 Å². The number of hydrogen-bond acceptors (Lipinski definition) is 4. The number of rotatable bonds is 3. The highest BCUT2D eigenvalue weighted by molar-refractivity contribution is 7.10. The van der Waals surface area contributed by atoms with Gasteiger partial charge < -0.3 is 10.1 Å². The Labute approximate surface area is 118 Å². The molecule has 19 heavy (non-hydrogen) atoms. The maximum atomic E-state index is 12.2. The predicted molar refractivity (Wildman–Crippen MR) is 76.3 cm³/mol. The average Bonchev–Trinajstić information content (AvgIpc) is 2.94. The second-order valence-corrected chi connectivity index (χ2v) is 6.57. The monoisotopic (exact) mass is 279 g/mol. The number of nitrogens with one attached hydrogen (secondary N) is 1. The first kappa shape index (κ1) is 13.1. The third-order valence-corrected chi connectivity index (χ3v) is 5.21. The van der Waals surface area contributed by atoms with E-state index in [1.807, 2.05) is 0 Å². The molecule has 1 aromatic rings. The lowest BCUT2D eigenvalue weighted by Crippen LogP contribution is -2.36. The van der Waals surface area contributed by atoms with E-state index in [2.05, 4.69) is 16.8 Å². The van der Waals surface area contributed by atoms with Crippen LogP contribution >= 0.6 is 11.3 Å². The van der Waals surface area contributed by atoms with Gasteiger partial charge >= 0.3 is 5.97 Å². The summed E-state index contributed by atoms with van der Waals surface area (Å²) in [5, 5.41) is 5.35. The maximum absolute atomic E-state index is 12.2. The van der Waals surface area contributed by atoms with Crippen LogP contribution in [0.1, 0.15) is 48.6 Å². The number of hydrogen-bond donors (Lipinski definition) is 1. The lowest BCUT2D eigenvalue weighted by Gasteiger charge is -2.25. The van der Waals surface area contributed by atoms with Crippen LogP contribution in [0.4, 0.5) is 0 Å². The van der Waals surface area contributed by atoms with Crippen molar-refractivity contribution in [1.82, 2.24) is 5.32 Å². The summed E-state index contributed by atoms with van der Waals surface area (Å²) in [6, 6.07) is 1.82. The quantitative estimate of drug-likeness (QED) is 0.864. The predicted octanol–water partition coefficient (Wildman–Crippen LogP) is 3.06. The third kappa shape index (κ3) is 3.00. The van der Waals surface area contributed by atoms with Gasteiger partial charge in [-0.2, -0.15) is 0 Å². The molecule has 0 radical (unpaired) electrons. The third-order valence-electron chi connectivity index (χ3n) is 4.21. The fourth-order valence-corrected chi connectivity index (χ4v) is 4.02. The van der Waals surface area contributed by atoms with E-state index in [1.165, 1.54) is 37.0 Å². The SMILES string of the molecule is O=C(OCC1CCCCC1)C1NCCc2sccc21. The molecule has 1 aliphatic carbocycles. The fraction of sp³-hybridized carbons (Fsp3) is 0.667. The zero-order valence-corrected chi connectivity index (χ0v) is 12.0. The first-order valence-corrected chi connectivity index (χ1v) is 8.19. The minimum Gasteiger partial charge on any atom is -0.464 e. The summed E-state index contributed by atoms with van der Waals surface area (Å²) in [6.45, 7) is 1.48. The highest BCUT2D eigenvalue weighted by atomic mass is 32.1. The van der Waals surface area contributed by atoms with Crippen LogP contribution < -0.4 is 5.32 Å². The van der Waals surface area contributed by atoms with E-state index in [0.717, 1.165) is 18.5 Å². The number of fused-ring (bicyclic) bond motifs is 1. The van der Waals surface area contributed by atoms with Gasteiger partial charge in [0, 0.05) is 11.4 Å². The van der Waals surface area contributed by atoms with E-state index in [4.69, 9.17) is 4.74 Å². The normalized spacial score (nSPS) is 23.9. The number of esters is 1. The second kappa shape index (κ2) is 6.06. The Balaban J connectivity index is 1.56. The van der Waals surface area contributed by atoms with E-state index < -0.39 is 0 Å². The Morgan fingerprint density at radius 3 is 3.05 bits per heavy atom.